The SMILES string of the molecule is COC(=O)CCCCCCCCCCCCCCC(=O)NC(CCC(=O)On1c(O)ccc1O)C(=O)OC. The van der Waals surface area contributed by atoms with Gasteiger partial charge in [0.1, 0.15) is 6.04 Å². The second kappa shape index (κ2) is 19.8. The first-order chi connectivity index (χ1) is 18.3. The van der Waals surface area contributed by atoms with E-state index in [1.165, 1.54) is 46.3 Å². The Bertz CT molecular complexity index is 834. The fourth-order valence-corrected chi connectivity index (χ4v) is 3.99. The Morgan fingerprint density at radius 1 is 0.711 bits per heavy atom. The number of nitrogens with zero attached hydrogens (tertiary/aromatic N) is 1. The summed E-state index contributed by atoms with van der Waals surface area (Å²) in [5.74, 6) is -2.79. The largest absolute Gasteiger partial charge is 0.492 e. The number of nitrogens with one attached hydrogen (secondary N) is 1. The topological polar surface area (TPSA) is 153 Å². The summed E-state index contributed by atoms with van der Waals surface area (Å²) < 4.78 is 9.91. The minimum atomic E-state index is -1.00. The van der Waals surface area contributed by atoms with Gasteiger partial charge in [-0.2, -0.15) is 0 Å². The van der Waals surface area contributed by atoms with Gasteiger partial charge in [0.25, 0.3) is 0 Å². The highest BCUT2D eigenvalue weighted by Gasteiger charge is 2.23. The number of carbonyl (C=O) groups excluding carboxylic acids is 4. The minimum Gasteiger partial charge on any atom is -0.492 e. The first-order valence-electron chi connectivity index (χ1n) is 13.5. The van der Waals surface area contributed by atoms with Crippen LogP contribution in [0.15, 0.2) is 12.1 Å². The predicted octanol–water partition coefficient (Wildman–Crippen LogP) is 3.93. The van der Waals surface area contributed by atoms with Gasteiger partial charge in [-0.15, -0.1) is 4.73 Å². The zero-order chi connectivity index (χ0) is 28.2. The van der Waals surface area contributed by atoms with Gasteiger partial charge >= 0.3 is 17.9 Å². The van der Waals surface area contributed by atoms with Gasteiger partial charge in [0, 0.05) is 25.0 Å². The molecule has 1 aromatic heterocycles. The number of methoxy groups -OCH3 is 2. The van der Waals surface area contributed by atoms with E-state index in [2.05, 4.69) is 10.1 Å². The van der Waals surface area contributed by atoms with Crippen molar-refractivity contribution in [2.24, 2.45) is 0 Å². The number of ether oxygens (including phenoxy) is 2. The highest BCUT2D eigenvalue weighted by atomic mass is 16.7. The van der Waals surface area contributed by atoms with Crippen molar-refractivity contribution >= 4 is 23.8 Å². The number of unbranched alkanes of at least 4 members (excludes halogenated alkanes) is 11. The Labute approximate surface area is 224 Å². The fraction of sp³-hybridized carbons (Fsp3) is 0.704. The number of rotatable bonds is 21. The van der Waals surface area contributed by atoms with E-state index in [1.54, 1.807) is 0 Å². The Kier molecular flexibility index (Phi) is 17.1. The molecule has 1 unspecified atom stereocenters. The van der Waals surface area contributed by atoms with Crippen molar-refractivity contribution in [1.29, 1.82) is 0 Å². The first-order valence-corrected chi connectivity index (χ1v) is 13.5. The summed E-state index contributed by atoms with van der Waals surface area (Å²) in [7, 11) is 2.62. The van der Waals surface area contributed by atoms with Crippen LogP contribution in [0.4, 0.5) is 0 Å². The van der Waals surface area contributed by atoms with Crippen molar-refractivity contribution in [3.05, 3.63) is 12.1 Å². The molecule has 11 heteroatoms. The fourth-order valence-electron chi connectivity index (χ4n) is 3.99. The molecular formula is C27H44N2O9. The van der Waals surface area contributed by atoms with Gasteiger partial charge in [-0.25, -0.2) is 9.59 Å². The summed E-state index contributed by atoms with van der Waals surface area (Å²) >= 11 is 0. The van der Waals surface area contributed by atoms with E-state index in [1.807, 2.05) is 0 Å². The van der Waals surface area contributed by atoms with Crippen LogP contribution < -0.4 is 10.2 Å². The van der Waals surface area contributed by atoms with Gasteiger partial charge in [-0.1, -0.05) is 64.2 Å². The van der Waals surface area contributed by atoms with Gasteiger partial charge in [0.2, 0.25) is 17.7 Å². The summed E-state index contributed by atoms with van der Waals surface area (Å²) in [6.07, 6.45) is 13.4. The van der Waals surface area contributed by atoms with E-state index in [9.17, 15) is 29.4 Å². The molecule has 0 aliphatic rings. The minimum absolute atomic E-state index is 0.0481. The van der Waals surface area contributed by atoms with Crippen molar-refractivity contribution in [3.8, 4) is 11.8 Å². The lowest BCUT2D eigenvalue weighted by Crippen LogP contribution is -2.42. The maximum atomic E-state index is 12.3. The molecule has 0 bridgehead atoms. The van der Waals surface area contributed by atoms with Crippen LogP contribution in [0.3, 0.4) is 0 Å². The van der Waals surface area contributed by atoms with Crippen molar-refractivity contribution in [1.82, 2.24) is 10.0 Å². The quantitative estimate of drug-likeness (QED) is 0.155. The summed E-state index contributed by atoms with van der Waals surface area (Å²) in [6, 6.07) is 1.31. The van der Waals surface area contributed by atoms with Crippen molar-refractivity contribution in [2.75, 3.05) is 14.2 Å². The summed E-state index contributed by atoms with van der Waals surface area (Å²) in [4.78, 5) is 52.2. The summed E-state index contributed by atoms with van der Waals surface area (Å²) in [6.45, 7) is 0. The molecule has 0 aliphatic heterocycles. The molecule has 1 amide bonds. The molecule has 0 saturated carbocycles. The van der Waals surface area contributed by atoms with Crippen LogP contribution in [0, 0.1) is 0 Å². The number of esters is 2. The molecule has 0 spiro atoms. The van der Waals surface area contributed by atoms with Crippen LogP contribution in [0.25, 0.3) is 0 Å². The average molecular weight is 541 g/mol. The Morgan fingerprint density at radius 3 is 1.66 bits per heavy atom. The van der Waals surface area contributed by atoms with Crippen molar-refractivity contribution in [2.45, 2.75) is 109 Å². The molecule has 0 saturated heterocycles. The van der Waals surface area contributed by atoms with E-state index < -0.39 is 29.7 Å². The molecule has 3 N–H and O–H groups in total. The van der Waals surface area contributed by atoms with Gasteiger partial charge in [0.15, 0.2) is 0 Å². The number of amides is 1. The van der Waals surface area contributed by atoms with E-state index in [0.29, 0.717) is 17.6 Å². The molecule has 0 aliphatic carbocycles. The summed E-state index contributed by atoms with van der Waals surface area (Å²) in [5, 5.41) is 21.7. The Morgan fingerprint density at radius 2 is 1.18 bits per heavy atom. The number of aromatic nitrogens is 1. The van der Waals surface area contributed by atoms with Crippen LogP contribution in [-0.2, 0) is 28.7 Å². The molecule has 1 rings (SSSR count). The summed E-state index contributed by atoms with van der Waals surface area (Å²) in [5.41, 5.74) is 0. The van der Waals surface area contributed by atoms with Crippen LogP contribution in [0.2, 0.25) is 0 Å². The van der Waals surface area contributed by atoms with Gasteiger partial charge in [-0.3, -0.25) is 9.59 Å². The standard InChI is InChI=1S/C27H44N2O9/c1-36-25(33)16-14-12-10-8-6-4-3-5-7-9-11-13-15-22(30)28-21(27(35)37-2)17-20-26(34)38-29-23(31)18-19-24(29)32/h18-19,21,31-32H,3-17,20H2,1-2H3,(H,28,30). The predicted molar refractivity (Wildman–Crippen MR) is 139 cm³/mol. The maximum Gasteiger partial charge on any atom is 0.333 e. The second-order valence-corrected chi connectivity index (χ2v) is 9.31. The molecular weight excluding hydrogens is 496 g/mol. The molecule has 0 radical (unpaired) electrons. The van der Waals surface area contributed by atoms with E-state index >= 15 is 0 Å². The zero-order valence-electron chi connectivity index (χ0n) is 22.7. The first kappa shape index (κ1) is 32.8. The van der Waals surface area contributed by atoms with Crippen LogP contribution >= 0.6 is 0 Å². The van der Waals surface area contributed by atoms with Crippen molar-refractivity contribution in [3.63, 3.8) is 0 Å². The molecule has 0 aromatic carbocycles. The number of carbonyl (C=O) groups is 4. The van der Waals surface area contributed by atoms with Crippen LogP contribution in [0.1, 0.15) is 103 Å². The molecule has 1 aromatic rings. The highest BCUT2D eigenvalue weighted by molar-refractivity contribution is 5.84. The lowest BCUT2D eigenvalue weighted by molar-refractivity contribution is -0.148. The van der Waals surface area contributed by atoms with Gasteiger partial charge < -0.3 is 29.8 Å². The molecule has 0 fully saturated rings. The normalized spacial score (nSPS) is 11.5. The average Bonchev–Trinajstić information content (AvgIpc) is 3.22. The van der Waals surface area contributed by atoms with Crippen molar-refractivity contribution < 1.29 is 43.7 Å². The zero-order valence-corrected chi connectivity index (χ0v) is 22.7. The molecule has 1 heterocycles. The Hall–Kier alpha value is -3.24. The number of hydrogen-bond donors (Lipinski definition) is 3. The van der Waals surface area contributed by atoms with Gasteiger partial charge in [-0.05, 0) is 19.3 Å². The van der Waals surface area contributed by atoms with Crippen LogP contribution in [-0.4, -0.2) is 59.0 Å². The highest BCUT2D eigenvalue weighted by Crippen LogP contribution is 2.19. The Balaban J connectivity index is 2.10. The molecule has 38 heavy (non-hydrogen) atoms. The maximum absolute atomic E-state index is 12.3. The van der Waals surface area contributed by atoms with Crippen LogP contribution in [0.5, 0.6) is 11.8 Å². The molecule has 1 atom stereocenters. The third-order valence-corrected chi connectivity index (χ3v) is 6.21. The lowest BCUT2D eigenvalue weighted by atomic mass is 10.0. The molecule has 11 nitrogen and oxygen atoms in total. The second-order valence-electron chi connectivity index (χ2n) is 9.31. The number of aromatic hydroxyl groups is 2. The molecule has 216 valence electrons. The monoisotopic (exact) mass is 540 g/mol. The number of hydrogen-bond acceptors (Lipinski definition) is 9. The lowest BCUT2D eigenvalue weighted by Gasteiger charge is -2.16. The third kappa shape index (κ3) is 14.5. The third-order valence-electron chi connectivity index (χ3n) is 6.21. The van der Waals surface area contributed by atoms with E-state index in [4.69, 9.17) is 9.57 Å². The van der Waals surface area contributed by atoms with E-state index in [-0.39, 0.29) is 31.1 Å². The van der Waals surface area contributed by atoms with E-state index in [0.717, 1.165) is 50.7 Å². The van der Waals surface area contributed by atoms with Gasteiger partial charge in [0.05, 0.1) is 20.6 Å². The smallest absolute Gasteiger partial charge is 0.333 e.